The Balaban J connectivity index is 2.22. The van der Waals surface area contributed by atoms with Crippen LogP contribution < -0.4 is 5.32 Å². The highest BCUT2D eigenvalue weighted by Crippen LogP contribution is 2.44. The van der Waals surface area contributed by atoms with Gasteiger partial charge in [-0.15, -0.1) is 23.1 Å². The van der Waals surface area contributed by atoms with E-state index in [2.05, 4.69) is 21.2 Å². The molecule has 170 valence electrons. The molecule has 10 heteroatoms. The van der Waals surface area contributed by atoms with E-state index in [-0.39, 0.29) is 12.8 Å². The predicted molar refractivity (Wildman–Crippen MR) is 121 cm³/mol. The quantitative estimate of drug-likeness (QED) is 0.341. The third-order valence-electron chi connectivity index (χ3n) is 4.40. The van der Waals surface area contributed by atoms with Crippen molar-refractivity contribution in [3.8, 4) is 0 Å². The molecule has 2 aromatic rings. The molecule has 2 unspecified atom stereocenters. The number of hydrogen-bond acceptors (Lipinski definition) is 4. The summed E-state index contributed by atoms with van der Waals surface area (Å²) >= 11 is 5.98. The third kappa shape index (κ3) is 8.16. The van der Waals surface area contributed by atoms with E-state index in [0.717, 1.165) is 31.8 Å². The maximum atomic E-state index is 12.9. The lowest BCUT2D eigenvalue weighted by molar-refractivity contribution is -0.137. The number of nitrogens with one attached hydrogen (secondary N) is 1. The summed E-state index contributed by atoms with van der Waals surface area (Å²) in [4.78, 5) is 25.0. The van der Waals surface area contributed by atoms with Crippen molar-refractivity contribution in [1.29, 1.82) is 0 Å². The molecule has 1 aromatic carbocycles. The van der Waals surface area contributed by atoms with E-state index in [4.69, 9.17) is 5.11 Å². The Morgan fingerprint density at radius 2 is 1.84 bits per heavy atom. The lowest BCUT2D eigenvalue weighted by atomic mass is 10.2. The van der Waals surface area contributed by atoms with Gasteiger partial charge in [0.1, 0.15) is 0 Å². The van der Waals surface area contributed by atoms with Gasteiger partial charge in [0, 0.05) is 32.0 Å². The van der Waals surface area contributed by atoms with Gasteiger partial charge >= 0.3 is 12.1 Å². The van der Waals surface area contributed by atoms with Crippen LogP contribution in [0, 0.1) is 13.8 Å². The number of aliphatic carboxylic acids is 1. The van der Waals surface area contributed by atoms with Crippen LogP contribution in [0.25, 0.3) is 0 Å². The van der Waals surface area contributed by atoms with Gasteiger partial charge in [0.2, 0.25) is 0 Å². The number of benzene rings is 1. The molecule has 0 saturated carbocycles. The molecule has 0 saturated heterocycles. The van der Waals surface area contributed by atoms with Crippen LogP contribution in [0.15, 0.2) is 33.6 Å². The first-order chi connectivity index (χ1) is 14.4. The molecule has 0 fully saturated rings. The number of carboxylic acids is 1. The maximum absolute atomic E-state index is 12.9. The summed E-state index contributed by atoms with van der Waals surface area (Å²) in [5.74, 6) is -1.46. The second-order valence-electron chi connectivity index (χ2n) is 7.31. The Morgan fingerprint density at radius 3 is 2.39 bits per heavy atom. The Bertz CT molecular complexity index is 923. The van der Waals surface area contributed by atoms with Gasteiger partial charge in [-0.25, -0.2) is 0 Å². The van der Waals surface area contributed by atoms with E-state index in [1.54, 1.807) is 19.1 Å². The van der Waals surface area contributed by atoms with Crippen molar-refractivity contribution in [3.05, 3.63) is 49.6 Å². The zero-order valence-corrected chi connectivity index (χ0v) is 20.4. The van der Waals surface area contributed by atoms with E-state index in [9.17, 15) is 22.8 Å². The molecule has 4 nitrogen and oxygen atoms in total. The summed E-state index contributed by atoms with van der Waals surface area (Å²) in [6.07, 6.45) is -5.52. The highest BCUT2D eigenvalue weighted by atomic mass is 79.9. The molecule has 1 amide bonds. The van der Waals surface area contributed by atoms with Crippen LogP contribution in [0.1, 0.15) is 57.1 Å². The molecule has 1 heterocycles. The van der Waals surface area contributed by atoms with Crippen molar-refractivity contribution in [2.24, 2.45) is 0 Å². The fourth-order valence-electron chi connectivity index (χ4n) is 2.95. The van der Waals surface area contributed by atoms with Crippen LogP contribution >= 0.6 is 39.0 Å². The van der Waals surface area contributed by atoms with Gasteiger partial charge in [0.25, 0.3) is 5.91 Å². The molecule has 31 heavy (non-hydrogen) atoms. The molecule has 0 aliphatic rings. The first-order valence-corrected chi connectivity index (χ1v) is 12.0. The van der Waals surface area contributed by atoms with E-state index < -0.39 is 35.8 Å². The summed E-state index contributed by atoms with van der Waals surface area (Å²) in [5, 5.41) is 11.0. The van der Waals surface area contributed by atoms with Crippen LogP contribution in [0.4, 0.5) is 13.2 Å². The van der Waals surface area contributed by atoms with Gasteiger partial charge in [-0.3, -0.25) is 9.59 Å². The van der Waals surface area contributed by atoms with E-state index >= 15 is 0 Å². The number of amides is 1. The molecule has 0 aliphatic carbocycles. The van der Waals surface area contributed by atoms with Crippen LogP contribution in [-0.2, 0) is 4.79 Å². The minimum absolute atomic E-state index is 0.112. The van der Waals surface area contributed by atoms with Crippen molar-refractivity contribution in [2.75, 3.05) is 0 Å². The number of carbonyl (C=O) groups excluding carboxylic acids is 1. The number of carboxylic acid groups (broad SMARTS) is 1. The van der Waals surface area contributed by atoms with Crippen molar-refractivity contribution in [2.45, 2.75) is 62.4 Å². The second-order valence-corrected chi connectivity index (χ2v) is 10.5. The monoisotopic (exact) mass is 537 g/mol. The predicted octanol–water partition coefficient (Wildman–Crippen LogP) is 6.90. The van der Waals surface area contributed by atoms with E-state index in [1.807, 2.05) is 26.0 Å². The van der Waals surface area contributed by atoms with Gasteiger partial charge in [0.05, 0.1) is 11.3 Å². The van der Waals surface area contributed by atoms with Crippen LogP contribution in [0.3, 0.4) is 0 Å². The summed E-state index contributed by atoms with van der Waals surface area (Å²) < 4.78 is 39.7. The van der Waals surface area contributed by atoms with Gasteiger partial charge < -0.3 is 10.4 Å². The molecule has 0 spiro atoms. The average molecular weight is 538 g/mol. The van der Waals surface area contributed by atoms with Gasteiger partial charge in [-0.05, 0) is 62.6 Å². The Labute approximate surface area is 195 Å². The summed E-state index contributed by atoms with van der Waals surface area (Å²) in [7, 11) is 0. The smallest absolute Gasteiger partial charge is 0.389 e. The lowest BCUT2D eigenvalue weighted by Gasteiger charge is -2.18. The standard InChI is InChI=1S/C21H23BrF3NO3S2/c1-11-8-14(9-12(2)19(11)22)30-16(6-7-21(23,24)25)15-4-5-17(31-15)20(29)26-13(3)10-18(27)28/h4-5,8-9,13,16H,6-7,10H2,1-3H3,(H,26,29)(H,27,28). The van der Waals surface area contributed by atoms with Gasteiger partial charge in [0.15, 0.2) is 0 Å². The Hall–Kier alpha value is -1.52. The molecule has 0 bridgehead atoms. The summed E-state index contributed by atoms with van der Waals surface area (Å²) in [6.45, 7) is 5.44. The van der Waals surface area contributed by atoms with E-state index in [1.165, 1.54) is 11.8 Å². The minimum atomic E-state index is -4.27. The molecule has 0 aliphatic heterocycles. The minimum Gasteiger partial charge on any atom is -0.481 e. The number of carbonyl (C=O) groups is 2. The molecule has 2 rings (SSSR count). The first kappa shape index (κ1) is 25.7. The molecule has 2 N–H and O–H groups in total. The summed E-state index contributed by atoms with van der Waals surface area (Å²) in [5.41, 5.74) is 1.99. The van der Waals surface area contributed by atoms with Gasteiger partial charge in [-0.1, -0.05) is 15.9 Å². The normalized spacial score (nSPS) is 13.6. The average Bonchev–Trinajstić information content (AvgIpc) is 3.11. The lowest BCUT2D eigenvalue weighted by Crippen LogP contribution is -2.33. The number of aryl methyl sites for hydroxylation is 2. The molecule has 0 radical (unpaired) electrons. The van der Waals surface area contributed by atoms with Crippen LogP contribution in [0.5, 0.6) is 0 Å². The van der Waals surface area contributed by atoms with Crippen molar-refractivity contribution in [1.82, 2.24) is 5.32 Å². The molecular weight excluding hydrogens is 515 g/mol. The fraction of sp³-hybridized carbons (Fsp3) is 0.429. The molecule has 2 atom stereocenters. The summed E-state index contributed by atoms with van der Waals surface area (Å²) in [6, 6.07) is 6.55. The number of thiophene rings is 1. The first-order valence-electron chi connectivity index (χ1n) is 9.48. The highest BCUT2D eigenvalue weighted by molar-refractivity contribution is 9.10. The topological polar surface area (TPSA) is 66.4 Å². The van der Waals surface area contributed by atoms with Gasteiger partial charge in [-0.2, -0.15) is 13.2 Å². The van der Waals surface area contributed by atoms with Crippen LogP contribution in [0.2, 0.25) is 0 Å². The van der Waals surface area contributed by atoms with Crippen molar-refractivity contribution < 1.29 is 27.9 Å². The fourth-order valence-corrected chi connectivity index (χ4v) is 5.64. The molecule has 1 aromatic heterocycles. The maximum Gasteiger partial charge on any atom is 0.389 e. The third-order valence-corrected chi connectivity index (χ3v) is 8.28. The van der Waals surface area contributed by atoms with E-state index in [0.29, 0.717) is 9.75 Å². The molecular formula is C21H23BrF3NO3S2. The second kappa shape index (κ2) is 10.9. The number of rotatable bonds is 9. The van der Waals surface area contributed by atoms with Crippen LogP contribution in [-0.4, -0.2) is 29.2 Å². The van der Waals surface area contributed by atoms with Crippen molar-refractivity contribution >= 4 is 50.9 Å². The highest BCUT2D eigenvalue weighted by Gasteiger charge is 2.30. The zero-order valence-electron chi connectivity index (χ0n) is 17.2. The Kier molecular flexibility index (Phi) is 9.03. The SMILES string of the molecule is Cc1cc(SC(CCC(F)(F)F)c2ccc(C(=O)NC(C)CC(=O)O)s2)cc(C)c1Br. The zero-order chi connectivity index (χ0) is 23.3. The Morgan fingerprint density at radius 1 is 1.23 bits per heavy atom. The number of hydrogen-bond donors (Lipinski definition) is 2. The number of alkyl halides is 3. The number of halogens is 4. The van der Waals surface area contributed by atoms with Crippen molar-refractivity contribution in [3.63, 3.8) is 0 Å². The largest absolute Gasteiger partial charge is 0.481 e. The number of thioether (sulfide) groups is 1.